The van der Waals surface area contributed by atoms with Crippen molar-refractivity contribution in [3.63, 3.8) is 0 Å². The van der Waals surface area contributed by atoms with Crippen LogP contribution in [0.2, 0.25) is 0 Å². The lowest BCUT2D eigenvalue weighted by Crippen LogP contribution is -2.45. The van der Waals surface area contributed by atoms with Gasteiger partial charge in [0, 0.05) is 36.5 Å². The summed E-state index contributed by atoms with van der Waals surface area (Å²) in [7, 11) is 0. The van der Waals surface area contributed by atoms with Crippen LogP contribution in [-0.4, -0.2) is 63.4 Å². The number of aromatic nitrogens is 1. The zero-order chi connectivity index (χ0) is 20.2. The Kier molecular flexibility index (Phi) is 4.15. The summed E-state index contributed by atoms with van der Waals surface area (Å²) in [4.78, 5) is 43.9. The average Bonchev–Trinajstić information content (AvgIpc) is 3.37. The summed E-state index contributed by atoms with van der Waals surface area (Å²) in [5.41, 5.74) is 1.34. The van der Waals surface area contributed by atoms with E-state index in [1.165, 1.54) is 0 Å². The molecule has 2 amide bonds. The molecule has 7 nitrogen and oxygen atoms in total. The van der Waals surface area contributed by atoms with Crippen LogP contribution in [0.5, 0.6) is 0 Å². The Morgan fingerprint density at radius 2 is 1.83 bits per heavy atom. The number of nitrogens with zero attached hydrogens (tertiary/aromatic N) is 2. The molecule has 29 heavy (non-hydrogen) atoms. The number of piperidine rings is 1. The number of amides is 2. The first kappa shape index (κ1) is 18.2. The molecule has 1 aromatic heterocycles. The van der Waals surface area contributed by atoms with Crippen molar-refractivity contribution in [1.29, 1.82) is 0 Å². The number of carbonyl (C=O) groups excluding carboxylic acids is 2. The van der Waals surface area contributed by atoms with Crippen LogP contribution in [-0.2, 0) is 9.59 Å². The monoisotopic (exact) mass is 395 g/mol. The molecule has 3 heterocycles. The van der Waals surface area contributed by atoms with Crippen molar-refractivity contribution in [2.24, 2.45) is 11.3 Å². The minimum Gasteiger partial charge on any atom is -0.480 e. The van der Waals surface area contributed by atoms with Gasteiger partial charge in [0.25, 0.3) is 5.91 Å². The van der Waals surface area contributed by atoms with E-state index < -0.39 is 12.0 Å². The molecule has 3 aliphatic rings. The predicted molar refractivity (Wildman–Crippen MR) is 106 cm³/mol. The number of carboxylic acid groups (broad SMARTS) is 1. The van der Waals surface area contributed by atoms with E-state index in [1.807, 2.05) is 35.2 Å². The fraction of sp³-hybridized carbons (Fsp3) is 0.500. The van der Waals surface area contributed by atoms with Gasteiger partial charge in [-0.15, -0.1) is 0 Å². The number of benzene rings is 1. The van der Waals surface area contributed by atoms with Crippen molar-refractivity contribution < 1.29 is 19.5 Å². The molecule has 1 aliphatic carbocycles. The van der Waals surface area contributed by atoms with Crippen LogP contribution in [0.1, 0.15) is 42.6 Å². The number of carbonyl (C=O) groups is 3. The Labute approximate surface area is 168 Å². The summed E-state index contributed by atoms with van der Waals surface area (Å²) >= 11 is 0. The van der Waals surface area contributed by atoms with Crippen LogP contribution in [0.3, 0.4) is 0 Å². The Morgan fingerprint density at radius 3 is 2.48 bits per heavy atom. The van der Waals surface area contributed by atoms with Gasteiger partial charge in [-0.2, -0.15) is 0 Å². The van der Waals surface area contributed by atoms with Gasteiger partial charge in [0.15, 0.2) is 0 Å². The van der Waals surface area contributed by atoms with E-state index in [9.17, 15) is 19.5 Å². The molecule has 0 radical (unpaired) electrons. The summed E-state index contributed by atoms with van der Waals surface area (Å²) < 4.78 is 0. The lowest BCUT2D eigenvalue weighted by atomic mass is 9.76. The van der Waals surface area contributed by atoms with E-state index in [1.54, 1.807) is 4.90 Å². The number of para-hydroxylation sites is 1. The van der Waals surface area contributed by atoms with E-state index in [4.69, 9.17) is 0 Å². The van der Waals surface area contributed by atoms with E-state index in [2.05, 4.69) is 4.98 Å². The predicted octanol–water partition coefficient (Wildman–Crippen LogP) is 2.49. The number of hydrogen-bond acceptors (Lipinski definition) is 3. The zero-order valence-electron chi connectivity index (χ0n) is 16.3. The fourth-order valence-electron chi connectivity index (χ4n) is 4.98. The Bertz CT molecular complexity index is 952. The molecule has 1 saturated carbocycles. The molecule has 0 unspecified atom stereocenters. The van der Waals surface area contributed by atoms with Gasteiger partial charge in [-0.1, -0.05) is 18.2 Å². The minimum atomic E-state index is -0.910. The van der Waals surface area contributed by atoms with Gasteiger partial charge in [-0.25, -0.2) is 4.79 Å². The number of aromatic amines is 1. The largest absolute Gasteiger partial charge is 0.480 e. The van der Waals surface area contributed by atoms with Crippen molar-refractivity contribution in [1.82, 2.24) is 14.8 Å². The summed E-state index contributed by atoms with van der Waals surface area (Å²) in [6.07, 6.45) is 3.71. The van der Waals surface area contributed by atoms with Crippen LogP contribution in [0.4, 0.5) is 0 Å². The highest BCUT2D eigenvalue weighted by Gasteiger charge is 2.52. The van der Waals surface area contributed by atoms with Gasteiger partial charge in [-0.05, 0) is 49.7 Å². The second-order valence-electron chi connectivity index (χ2n) is 8.86. The lowest BCUT2D eigenvalue weighted by Gasteiger charge is -2.39. The van der Waals surface area contributed by atoms with Gasteiger partial charge in [0.1, 0.15) is 11.7 Å². The van der Waals surface area contributed by atoms with Crippen LogP contribution >= 0.6 is 0 Å². The number of hydrogen-bond donors (Lipinski definition) is 2. The van der Waals surface area contributed by atoms with Gasteiger partial charge in [0.2, 0.25) is 5.91 Å². The lowest BCUT2D eigenvalue weighted by molar-refractivity contribution is -0.148. The van der Waals surface area contributed by atoms with Gasteiger partial charge < -0.3 is 19.9 Å². The number of fused-ring (bicyclic) bond motifs is 1. The van der Waals surface area contributed by atoms with Crippen molar-refractivity contribution in [3.8, 4) is 0 Å². The standard InChI is InChI=1S/C22H25N3O4/c26-19(14-5-6-14)25-13-22(12-18(25)21(28)29)7-9-24(10-8-22)20(27)17-11-15-3-1-2-4-16(15)23-17/h1-4,11,14,18,23H,5-10,12-13H2,(H,28,29)/t18-/m0/s1. The van der Waals surface area contributed by atoms with Crippen molar-refractivity contribution >= 4 is 28.7 Å². The van der Waals surface area contributed by atoms with Crippen molar-refractivity contribution in [2.75, 3.05) is 19.6 Å². The molecule has 1 spiro atoms. The van der Waals surface area contributed by atoms with Crippen LogP contribution in [0.15, 0.2) is 30.3 Å². The van der Waals surface area contributed by atoms with E-state index in [-0.39, 0.29) is 23.1 Å². The molecule has 3 fully saturated rings. The highest BCUT2D eigenvalue weighted by Crippen LogP contribution is 2.45. The van der Waals surface area contributed by atoms with E-state index >= 15 is 0 Å². The number of nitrogens with one attached hydrogen (secondary N) is 1. The summed E-state index contributed by atoms with van der Waals surface area (Å²) in [5, 5.41) is 10.7. The average molecular weight is 395 g/mol. The fourth-order valence-corrected chi connectivity index (χ4v) is 4.98. The highest BCUT2D eigenvalue weighted by atomic mass is 16.4. The number of rotatable bonds is 3. The maximum absolute atomic E-state index is 13.0. The van der Waals surface area contributed by atoms with Crippen molar-refractivity contribution in [2.45, 2.75) is 38.1 Å². The molecule has 152 valence electrons. The molecular formula is C22H25N3O4. The first-order valence-electron chi connectivity index (χ1n) is 10.4. The number of H-pyrrole nitrogens is 1. The molecule has 2 aromatic rings. The number of aliphatic carboxylic acids is 1. The second kappa shape index (κ2) is 6.61. The molecule has 1 aromatic carbocycles. The quantitative estimate of drug-likeness (QED) is 0.835. The normalized spacial score (nSPS) is 23.7. The van der Waals surface area contributed by atoms with Crippen LogP contribution in [0.25, 0.3) is 10.9 Å². The van der Waals surface area contributed by atoms with Crippen LogP contribution in [0, 0.1) is 11.3 Å². The highest BCUT2D eigenvalue weighted by molar-refractivity contribution is 5.98. The molecule has 1 atom stereocenters. The van der Waals surface area contributed by atoms with Gasteiger partial charge in [0.05, 0.1) is 0 Å². The summed E-state index contributed by atoms with van der Waals surface area (Å²) in [6.45, 7) is 1.69. The zero-order valence-corrected chi connectivity index (χ0v) is 16.3. The van der Waals surface area contributed by atoms with Crippen molar-refractivity contribution in [3.05, 3.63) is 36.0 Å². The molecule has 2 aliphatic heterocycles. The summed E-state index contributed by atoms with van der Waals surface area (Å²) in [6, 6.07) is 8.97. The second-order valence-corrected chi connectivity index (χ2v) is 8.86. The summed E-state index contributed by atoms with van der Waals surface area (Å²) in [5.74, 6) is -0.899. The molecular weight excluding hydrogens is 370 g/mol. The third kappa shape index (κ3) is 3.18. The Balaban J connectivity index is 1.28. The molecule has 0 bridgehead atoms. The van der Waals surface area contributed by atoms with Gasteiger partial charge >= 0.3 is 5.97 Å². The van der Waals surface area contributed by atoms with Crippen LogP contribution < -0.4 is 0 Å². The maximum Gasteiger partial charge on any atom is 0.326 e. The third-order valence-electron chi connectivity index (χ3n) is 6.87. The molecule has 2 N–H and O–H groups in total. The van der Waals surface area contributed by atoms with E-state index in [0.29, 0.717) is 31.7 Å². The van der Waals surface area contributed by atoms with E-state index in [0.717, 1.165) is 36.6 Å². The molecule has 2 saturated heterocycles. The Morgan fingerprint density at radius 1 is 1.10 bits per heavy atom. The first-order chi connectivity index (χ1) is 14.0. The SMILES string of the molecule is O=C(O)[C@@H]1CC2(CCN(C(=O)c3cc4ccccc4[nH]3)CC2)CN1C(=O)C1CC1. The number of carboxylic acids is 1. The number of likely N-dealkylation sites (tertiary alicyclic amines) is 2. The van der Waals surface area contributed by atoms with Gasteiger partial charge in [-0.3, -0.25) is 9.59 Å². The maximum atomic E-state index is 13.0. The topological polar surface area (TPSA) is 93.7 Å². The smallest absolute Gasteiger partial charge is 0.326 e. The molecule has 7 heteroatoms. The minimum absolute atomic E-state index is 0.00542. The Hall–Kier alpha value is -2.83. The molecule has 5 rings (SSSR count). The third-order valence-corrected chi connectivity index (χ3v) is 6.87. The first-order valence-corrected chi connectivity index (χ1v) is 10.4.